The normalized spacial score (nSPS) is 14.4. The van der Waals surface area contributed by atoms with Crippen molar-refractivity contribution in [1.82, 2.24) is 0 Å². The molecule has 1 aromatic rings. The minimum atomic E-state index is -0.891. The van der Waals surface area contributed by atoms with Crippen LogP contribution in [0, 0.1) is 0 Å². The minimum absolute atomic E-state index is 0.335. The van der Waals surface area contributed by atoms with Gasteiger partial charge in [0.1, 0.15) is 0 Å². The molecule has 1 heterocycles. The van der Waals surface area contributed by atoms with Gasteiger partial charge in [-0.3, -0.25) is 0 Å². The number of carboxylic acids is 1. The van der Waals surface area contributed by atoms with E-state index in [2.05, 4.69) is 21.2 Å². The average molecular weight is 274 g/mol. The monoisotopic (exact) mass is 273 g/mol. The molecule has 1 aliphatic rings. The topological polar surface area (TPSA) is 49.3 Å². The van der Waals surface area contributed by atoms with Gasteiger partial charge in [0, 0.05) is 21.7 Å². The highest BCUT2D eigenvalue weighted by atomic mass is 79.9. The van der Waals surface area contributed by atoms with E-state index < -0.39 is 5.97 Å². The number of thioether (sulfide) groups is 1. The molecule has 74 valence electrons. The summed E-state index contributed by atoms with van der Waals surface area (Å²) in [4.78, 5) is 12.0. The molecule has 3 nitrogen and oxygen atoms in total. The Labute approximate surface area is 94.0 Å². The van der Waals surface area contributed by atoms with Crippen molar-refractivity contribution in [2.24, 2.45) is 0 Å². The van der Waals surface area contributed by atoms with E-state index in [9.17, 15) is 4.79 Å². The molecule has 0 bridgehead atoms. The van der Waals surface area contributed by atoms with Gasteiger partial charge >= 0.3 is 5.97 Å². The van der Waals surface area contributed by atoms with Crippen molar-refractivity contribution in [3.63, 3.8) is 0 Å². The van der Waals surface area contributed by atoms with Crippen LogP contribution in [-0.4, -0.2) is 23.4 Å². The number of aromatic carboxylic acids is 1. The van der Waals surface area contributed by atoms with E-state index in [4.69, 9.17) is 5.11 Å². The first-order valence-corrected chi connectivity index (χ1v) is 5.90. The van der Waals surface area contributed by atoms with Gasteiger partial charge in [-0.2, -0.15) is 0 Å². The quantitative estimate of drug-likeness (QED) is 0.826. The van der Waals surface area contributed by atoms with E-state index in [1.807, 2.05) is 6.07 Å². The standard InChI is InChI=1S/C9H8BrNO2S/c10-5-3-6(9(12)13)8-7(4-5)14-2-1-11-8/h3-4,11H,1-2H2,(H,12,13). The van der Waals surface area contributed by atoms with Crippen LogP contribution in [-0.2, 0) is 0 Å². The average Bonchev–Trinajstić information content (AvgIpc) is 2.16. The zero-order valence-corrected chi connectivity index (χ0v) is 9.61. The molecule has 0 unspecified atom stereocenters. The molecular weight excluding hydrogens is 266 g/mol. The summed E-state index contributed by atoms with van der Waals surface area (Å²) >= 11 is 4.98. The van der Waals surface area contributed by atoms with Crippen molar-refractivity contribution < 1.29 is 9.90 Å². The molecule has 1 aliphatic heterocycles. The molecule has 14 heavy (non-hydrogen) atoms. The number of carboxylic acid groups (broad SMARTS) is 1. The van der Waals surface area contributed by atoms with Crippen LogP contribution < -0.4 is 5.32 Å². The first-order chi connectivity index (χ1) is 6.68. The molecule has 0 aromatic heterocycles. The molecule has 2 N–H and O–H groups in total. The number of nitrogens with one attached hydrogen (secondary N) is 1. The lowest BCUT2D eigenvalue weighted by Gasteiger charge is -2.19. The van der Waals surface area contributed by atoms with Crippen molar-refractivity contribution in [2.45, 2.75) is 4.90 Å². The molecule has 0 saturated heterocycles. The first kappa shape index (κ1) is 9.86. The Hall–Kier alpha value is -0.680. The molecular formula is C9H8BrNO2S. The Morgan fingerprint density at radius 3 is 3.07 bits per heavy atom. The number of anilines is 1. The maximum absolute atomic E-state index is 11.0. The van der Waals surface area contributed by atoms with Crippen LogP contribution in [0.1, 0.15) is 10.4 Å². The van der Waals surface area contributed by atoms with Crippen molar-refractivity contribution >= 4 is 39.3 Å². The molecule has 0 radical (unpaired) electrons. The Kier molecular flexibility index (Phi) is 2.69. The fourth-order valence-electron chi connectivity index (χ4n) is 1.38. The van der Waals surface area contributed by atoms with Crippen LogP contribution in [0.25, 0.3) is 0 Å². The third kappa shape index (κ3) is 1.74. The lowest BCUT2D eigenvalue weighted by atomic mass is 10.2. The van der Waals surface area contributed by atoms with Gasteiger partial charge in [0.15, 0.2) is 0 Å². The summed E-state index contributed by atoms with van der Waals surface area (Å²) in [6, 6.07) is 3.57. The maximum atomic E-state index is 11.0. The third-order valence-corrected chi connectivity index (χ3v) is 3.46. The van der Waals surface area contributed by atoms with Crippen LogP contribution in [0.15, 0.2) is 21.5 Å². The number of fused-ring (bicyclic) bond motifs is 1. The van der Waals surface area contributed by atoms with Gasteiger partial charge in [-0.05, 0) is 12.1 Å². The fourth-order valence-corrected chi connectivity index (χ4v) is 2.95. The van der Waals surface area contributed by atoms with E-state index in [1.54, 1.807) is 17.8 Å². The lowest BCUT2D eigenvalue weighted by Crippen LogP contribution is -2.14. The van der Waals surface area contributed by atoms with E-state index >= 15 is 0 Å². The van der Waals surface area contributed by atoms with E-state index in [0.29, 0.717) is 5.56 Å². The Morgan fingerprint density at radius 1 is 1.57 bits per heavy atom. The second-order valence-electron chi connectivity index (χ2n) is 2.91. The van der Waals surface area contributed by atoms with Crippen LogP contribution in [0.3, 0.4) is 0 Å². The summed E-state index contributed by atoms with van der Waals surface area (Å²) in [5, 5.41) is 12.1. The lowest BCUT2D eigenvalue weighted by molar-refractivity contribution is 0.0697. The fraction of sp³-hybridized carbons (Fsp3) is 0.222. The van der Waals surface area contributed by atoms with Crippen molar-refractivity contribution in [2.75, 3.05) is 17.6 Å². The van der Waals surface area contributed by atoms with Crippen LogP contribution in [0.4, 0.5) is 5.69 Å². The van der Waals surface area contributed by atoms with Gasteiger partial charge < -0.3 is 10.4 Å². The zero-order chi connectivity index (χ0) is 10.1. The summed E-state index contributed by atoms with van der Waals surface area (Å²) in [7, 11) is 0. The summed E-state index contributed by atoms with van der Waals surface area (Å²) in [5.41, 5.74) is 1.08. The number of benzene rings is 1. The van der Waals surface area contributed by atoms with E-state index in [0.717, 1.165) is 27.4 Å². The largest absolute Gasteiger partial charge is 0.478 e. The number of rotatable bonds is 1. The van der Waals surface area contributed by atoms with E-state index in [1.165, 1.54) is 0 Å². The highest BCUT2D eigenvalue weighted by molar-refractivity contribution is 9.10. The number of halogens is 1. The van der Waals surface area contributed by atoms with Gasteiger partial charge in [0.05, 0.1) is 11.3 Å². The highest BCUT2D eigenvalue weighted by Gasteiger charge is 2.18. The first-order valence-electron chi connectivity index (χ1n) is 4.12. The number of hydrogen-bond donors (Lipinski definition) is 2. The van der Waals surface area contributed by atoms with Gasteiger partial charge in [0.2, 0.25) is 0 Å². The molecule has 0 spiro atoms. The maximum Gasteiger partial charge on any atom is 0.337 e. The molecule has 1 aromatic carbocycles. The predicted molar refractivity (Wildman–Crippen MR) is 60.3 cm³/mol. The smallest absolute Gasteiger partial charge is 0.337 e. The molecule has 0 atom stereocenters. The van der Waals surface area contributed by atoms with Crippen molar-refractivity contribution in [3.8, 4) is 0 Å². The summed E-state index contributed by atoms with van der Waals surface area (Å²) < 4.78 is 0.810. The van der Waals surface area contributed by atoms with Crippen molar-refractivity contribution in [1.29, 1.82) is 0 Å². The summed E-state index contributed by atoms with van der Waals surface area (Å²) in [6.07, 6.45) is 0. The third-order valence-electron chi connectivity index (χ3n) is 1.96. The van der Waals surface area contributed by atoms with Gasteiger partial charge in [-0.25, -0.2) is 4.79 Å². The second-order valence-corrected chi connectivity index (χ2v) is 4.96. The summed E-state index contributed by atoms with van der Waals surface area (Å²) in [6.45, 7) is 0.819. The Balaban J connectivity index is 2.58. The summed E-state index contributed by atoms with van der Waals surface area (Å²) in [5.74, 6) is 0.0836. The SMILES string of the molecule is O=C(O)c1cc(Br)cc2c1NCCS2. The van der Waals surface area contributed by atoms with Crippen LogP contribution in [0.5, 0.6) is 0 Å². The van der Waals surface area contributed by atoms with Crippen LogP contribution in [0.2, 0.25) is 0 Å². The second kappa shape index (κ2) is 3.82. The molecule has 0 aliphatic carbocycles. The van der Waals surface area contributed by atoms with Gasteiger partial charge in [0.25, 0.3) is 0 Å². The Morgan fingerprint density at radius 2 is 2.36 bits per heavy atom. The van der Waals surface area contributed by atoms with Gasteiger partial charge in [-0.1, -0.05) is 15.9 Å². The molecule has 2 rings (SSSR count). The Bertz CT molecular complexity index is 395. The van der Waals surface area contributed by atoms with Crippen molar-refractivity contribution in [3.05, 3.63) is 22.2 Å². The molecule has 0 amide bonds. The van der Waals surface area contributed by atoms with E-state index in [-0.39, 0.29) is 0 Å². The molecule has 0 saturated carbocycles. The highest BCUT2D eigenvalue weighted by Crippen LogP contribution is 2.36. The zero-order valence-electron chi connectivity index (χ0n) is 7.21. The number of carbonyl (C=O) groups is 1. The van der Waals surface area contributed by atoms with Gasteiger partial charge in [-0.15, -0.1) is 11.8 Å². The minimum Gasteiger partial charge on any atom is -0.478 e. The molecule has 5 heteroatoms. The van der Waals surface area contributed by atoms with Crippen LogP contribution >= 0.6 is 27.7 Å². The number of hydrogen-bond acceptors (Lipinski definition) is 3. The molecule has 0 fully saturated rings. The predicted octanol–water partition coefficient (Wildman–Crippen LogP) is 2.66.